The number of nitrogens with zero attached hydrogens (tertiary/aromatic N) is 1. The van der Waals surface area contributed by atoms with Crippen molar-refractivity contribution in [2.45, 2.75) is 31.8 Å². The second kappa shape index (κ2) is 11.2. The van der Waals surface area contributed by atoms with Crippen molar-refractivity contribution in [1.82, 2.24) is 4.90 Å². The number of methoxy groups -OCH3 is 1. The van der Waals surface area contributed by atoms with Crippen LogP contribution in [0.4, 0.5) is 5.69 Å². The molecule has 3 aromatic rings. The minimum Gasteiger partial charge on any atom is -0.497 e. The van der Waals surface area contributed by atoms with Gasteiger partial charge in [-0.15, -0.1) is 0 Å². The van der Waals surface area contributed by atoms with E-state index in [1.54, 1.807) is 7.11 Å². The highest BCUT2D eigenvalue weighted by Crippen LogP contribution is 2.30. The molecule has 5 nitrogen and oxygen atoms in total. The molecule has 0 saturated carbocycles. The minimum absolute atomic E-state index is 0.405. The van der Waals surface area contributed by atoms with Gasteiger partial charge >= 0.3 is 0 Å². The zero-order valence-corrected chi connectivity index (χ0v) is 19.5. The molecule has 0 amide bonds. The molecule has 1 saturated heterocycles. The average molecular weight is 447 g/mol. The smallest absolute Gasteiger partial charge is 0.127 e. The third-order valence-corrected chi connectivity index (χ3v) is 6.35. The summed E-state index contributed by atoms with van der Waals surface area (Å²) in [6.07, 6.45) is 1.81. The summed E-state index contributed by atoms with van der Waals surface area (Å²) in [6.45, 7) is 5.29. The van der Waals surface area contributed by atoms with Gasteiger partial charge in [0.15, 0.2) is 0 Å². The van der Waals surface area contributed by atoms with Gasteiger partial charge in [0.1, 0.15) is 17.2 Å². The lowest BCUT2D eigenvalue weighted by Gasteiger charge is -2.33. The fourth-order valence-electron chi connectivity index (χ4n) is 4.43. The zero-order valence-electron chi connectivity index (χ0n) is 19.5. The first-order chi connectivity index (χ1) is 16.1. The van der Waals surface area contributed by atoms with Crippen LogP contribution in [-0.4, -0.2) is 49.4 Å². The molecule has 1 aliphatic heterocycles. The van der Waals surface area contributed by atoms with E-state index in [9.17, 15) is 5.11 Å². The van der Waals surface area contributed by atoms with Crippen LogP contribution in [0, 0.1) is 6.92 Å². The maximum Gasteiger partial charge on any atom is 0.127 e. The molecule has 1 fully saturated rings. The average Bonchev–Trinajstić information content (AvgIpc) is 2.85. The molecule has 0 bridgehead atoms. The Labute approximate surface area is 197 Å². The molecular weight excluding hydrogens is 412 g/mol. The molecule has 1 unspecified atom stereocenters. The Bertz CT molecular complexity index is 999. The van der Waals surface area contributed by atoms with Crippen molar-refractivity contribution in [2.24, 2.45) is 0 Å². The Hall–Kier alpha value is -3.02. The van der Waals surface area contributed by atoms with Crippen LogP contribution in [0.2, 0.25) is 0 Å². The van der Waals surface area contributed by atoms with Gasteiger partial charge in [-0.2, -0.15) is 0 Å². The summed E-state index contributed by atoms with van der Waals surface area (Å²) in [4.78, 5) is 2.37. The van der Waals surface area contributed by atoms with Gasteiger partial charge in [-0.25, -0.2) is 0 Å². The Morgan fingerprint density at radius 1 is 0.939 bits per heavy atom. The van der Waals surface area contributed by atoms with E-state index in [2.05, 4.69) is 34.5 Å². The van der Waals surface area contributed by atoms with Crippen molar-refractivity contribution in [3.63, 3.8) is 0 Å². The maximum absolute atomic E-state index is 10.5. The Balaban J connectivity index is 1.21. The number of para-hydroxylation sites is 1. The van der Waals surface area contributed by atoms with Crippen LogP contribution in [-0.2, 0) is 0 Å². The molecule has 1 heterocycles. The number of hydrogen-bond donors (Lipinski definition) is 2. The fraction of sp³-hybridized carbons (Fsp3) is 0.357. The highest BCUT2D eigenvalue weighted by atomic mass is 16.5. The van der Waals surface area contributed by atoms with E-state index in [1.807, 2.05) is 55.5 Å². The summed E-state index contributed by atoms with van der Waals surface area (Å²) in [5.41, 5.74) is 3.52. The number of nitrogens with one attached hydrogen (secondary N) is 1. The molecule has 4 rings (SSSR count). The lowest BCUT2D eigenvalue weighted by Crippen LogP contribution is -2.40. The Kier molecular flexibility index (Phi) is 7.87. The van der Waals surface area contributed by atoms with E-state index >= 15 is 0 Å². The van der Waals surface area contributed by atoms with Gasteiger partial charge in [-0.05, 0) is 92.4 Å². The normalized spacial score (nSPS) is 15.7. The summed E-state index contributed by atoms with van der Waals surface area (Å²) in [7, 11) is 1.67. The number of likely N-dealkylation sites (tertiary alicyclic amines) is 1. The van der Waals surface area contributed by atoms with E-state index < -0.39 is 6.10 Å². The van der Waals surface area contributed by atoms with Gasteiger partial charge in [0.2, 0.25) is 0 Å². The van der Waals surface area contributed by atoms with Crippen LogP contribution < -0.4 is 14.8 Å². The van der Waals surface area contributed by atoms with Crippen molar-refractivity contribution in [3.05, 3.63) is 83.9 Å². The minimum atomic E-state index is -0.405. The Morgan fingerprint density at radius 3 is 2.27 bits per heavy atom. The second-order valence-corrected chi connectivity index (χ2v) is 8.77. The van der Waals surface area contributed by atoms with Crippen LogP contribution in [0.1, 0.15) is 29.9 Å². The number of rotatable bonds is 9. The van der Waals surface area contributed by atoms with Crippen molar-refractivity contribution < 1.29 is 14.6 Å². The Morgan fingerprint density at radius 2 is 1.61 bits per heavy atom. The third-order valence-electron chi connectivity index (χ3n) is 6.35. The fourth-order valence-corrected chi connectivity index (χ4v) is 4.43. The van der Waals surface area contributed by atoms with Crippen LogP contribution in [0.5, 0.6) is 17.2 Å². The zero-order chi connectivity index (χ0) is 23.0. The standard InChI is InChI=1S/C28H34N2O3/c1-21-18-27(32-2)12-13-28(21)29-19-24(31)20-30-16-14-23(15-17-30)22-8-10-26(11-9-22)33-25-6-4-3-5-7-25/h3-13,18,23-24,29,31H,14-17,19-20H2,1-2H3. The third kappa shape index (κ3) is 6.50. The van der Waals surface area contributed by atoms with E-state index in [4.69, 9.17) is 9.47 Å². The van der Waals surface area contributed by atoms with Crippen LogP contribution >= 0.6 is 0 Å². The van der Waals surface area contributed by atoms with Gasteiger partial charge in [-0.3, -0.25) is 0 Å². The molecule has 0 spiro atoms. The van der Waals surface area contributed by atoms with E-state index in [0.29, 0.717) is 19.0 Å². The second-order valence-electron chi connectivity index (χ2n) is 8.77. The van der Waals surface area contributed by atoms with Crippen molar-refractivity contribution in [3.8, 4) is 17.2 Å². The monoisotopic (exact) mass is 446 g/mol. The predicted octanol–water partition coefficient (Wildman–Crippen LogP) is 5.45. The molecule has 0 aliphatic carbocycles. The molecule has 1 aliphatic rings. The first-order valence-corrected chi connectivity index (χ1v) is 11.7. The number of aryl methyl sites for hydroxylation is 1. The first-order valence-electron chi connectivity index (χ1n) is 11.7. The molecule has 174 valence electrons. The summed E-state index contributed by atoms with van der Waals surface area (Å²) >= 11 is 0. The number of anilines is 1. The number of hydrogen-bond acceptors (Lipinski definition) is 5. The topological polar surface area (TPSA) is 54.0 Å². The highest BCUT2D eigenvalue weighted by Gasteiger charge is 2.22. The van der Waals surface area contributed by atoms with Crippen LogP contribution in [0.3, 0.4) is 0 Å². The van der Waals surface area contributed by atoms with Gasteiger partial charge < -0.3 is 24.8 Å². The van der Waals surface area contributed by atoms with Gasteiger partial charge in [-0.1, -0.05) is 30.3 Å². The summed E-state index contributed by atoms with van der Waals surface area (Å²) in [5.74, 6) is 3.13. The summed E-state index contributed by atoms with van der Waals surface area (Å²) < 4.78 is 11.2. The number of aliphatic hydroxyl groups excluding tert-OH is 1. The molecule has 33 heavy (non-hydrogen) atoms. The molecule has 3 aromatic carbocycles. The van der Waals surface area contributed by atoms with Crippen molar-refractivity contribution in [2.75, 3.05) is 38.6 Å². The molecule has 0 radical (unpaired) electrons. The SMILES string of the molecule is COc1ccc(NCC(O)CN2CCC(c3ccc(Oc4ccccc4)cc3)CC2)c(C)c1. The largest absolute Gasteiger partial charge is 0.497 e. The van der Waals surface area contributed by atoms with Gasteiger partial charge in [0.25, 0.3) is 0 Å². The molecule has 1 atom stereocenters. The van der Waals surface area contributed by atoms with Gasteiger partial charge in [0, 0.05) is 18.8 Å². The maximum atomic E-state index is 10.5. The number of piperidine rings is 1. The highest BCUT2D eigenvalue weighted by molar-refractivity contribution is 5.53. The lowest BCUT2D eigenvalue weighted by molar-refractivity contribution is 0.105. The summed E-state index contributed by atoms with van der Waals surface area (Å²) in [5, 5.41) is 13.9. The quantitative estimate of drug-likeness (QED) is 0.458. The molecular formula is C28H34N2O3. The van der Waals surface area contributed by atoms with Crippen LogP contribution in [0.15, 0.2) is 72.8 Å². The van der Waals surface area contributed by atoms with E-state index in [-0.39, 0.29) is 0 Å². The van der Waals surface area contributed by atoms with Crippen LogP contribution in [0.25, 0.3) is 0 Å². The lowest BCUT2D eigenvalue weighted by atomic mass is 9.89. The number of benzene rings is 3. The molecule has 0 aromatic heterocycles. The molecule has 5 heteroatoms. The molecule has 2 N–H and O–H groups in total. The number of ether oxygens (including phenoxy) is 2. The van der Waals surface area contributed by atoms with Crippen molar-refractivity contribution >= 4 is 5.69 Å². The number of β-amino-alcohol motifs (C(OH)–C–C–N with tert-alkyl or cyclic N) is 1. The predicted molar refractivity (Wildman–Crippen MR) is 134 cm³/mol. The van der Waals surface area contributed by atoms with E-state index in [0.717, 1.165) is 54.4 Å². The van der Waals surface area contributed by atoms with Gasteiger partial charge in [0.05, 0.1) is 13.2 Å². The van der Waals surface area contributed by atoms with E-state index in [1.165, 1.54) is 5.56 Å². The number of aliphatic hydroxyl groups is 1. The van der Waals surface area contributed by atoms with Crippen molar-refractivity contribution in [1.29, 1.82) is 0 Å². The first kappa shape index (κ1) is 23.1. The summed E-state index contributed by atoms with van der Waals surface area (Å²) in [6, 6.07) is 24.3.